The van der Waals surface area contributed by atoms with Crippen LogP contribution >= 0.6 is 11.6 Å². The molecule has 3 rings (SSSR count). The van der Waals surface area contributed by atoms with Crippen molar-refractivity contribution in [3.63, 3.8) is 0 Å². The average molecular weight is 250 g/mol. The highest BCUT2D eigenvalue weighted by Crippen LogP contribution is 2.25. The van der Waals surface area contributed by atoms with Crippen molar-refractivity contribution in [3.05, 3.63) is 35.8 Å². The number of fused-ring (bicyclic) bond motifs is 1. The molecule has 0 amide bonds. The summed E-state index contributed by atoms with van der Waals surface area (Å²) in [6.45, 7) is 0. The molecular formula is C10H5ClFN5. The molecule has 0 aliphatic carbocycles. The Balaban J connectivity index is 2.32. The molecule has 17 heavy (non-hydrogen) atoms. The van der Waals surface area contributed by atoms with E-state index in [9.17, 15) is 4.39 Å². The van der Waals surface area contributed by atoms with Gasteiger partial charge < -0.3 is 0 Å². The van der Waals surface area contributed by atoms with E-state index in [1.807, 2.05) is 0 Å². The maximum Gasteiger partial charge on any atom is 0.224 e. The van der Waals surface area contributed by atoms with Crippen LogP contribution in [0.15, 0.2) is 24.7 Å². The third-order valence-electron chi connectivity index (χ3n) is 2.26. The highest BCUT2D eigenvalue weighted by molar-refractivity contribution is 6.28. The van der Waals surface area contributed by atoms with Crippen LogP contribution in [0.2, 0.25) is 5.28 Å². The molecule has 0 saturated carbocycles. The predicted octanol–water partition coefficient (Wildman–Crippen LogP) is 2.21. The topological polar surface area (TPSA) is 67.3 Å². The molecule has 3 aromatic rings. The van der Waals surface area contributed by atoms with Gasteiger partial charge in [0.25, 0.3) is 0 Å². The zero-order chi connectivity index (χ0) is 11.8. The molecule has 0 aromatic carbocycles. The number of hydrogen-bond donors (Lipinski definition) is 1. The van der Waals surface area contributed by atoms with Gasteiger partial charge in [-0.15, -0.1) is 0 Å². The zero-order valence-electron chi connectivity index (χ0n) is 8.35. The van der Waals surface area contributed by atoms with Crippen LogP contribution in [0.4, 0.5) is 4.39 Å². The van der Waals surface area contributed by atoms with E-state index in [-0.39, 0.29) is 5.28 Å². The molecule has 3 aromatic heterocycles. The summed E-state index contributed by atoms with van der Waals surface area (Å²) in [5.74, 6) is -0.436. The van der Waals surface area contributed by atoms with Gasteiger partial charge in [0.1, 0.15) is 5.82 Å². The summed E-state index contributed by atoms with van der Waals surface area (Å²) in [5, 5.41) is 7.27. The van der Waals surface area contributed by atoms with Gasteiger partial charge in [-0.25, -0.2) is 9.37 Å². The molecule has 5 nitrogen and oxygen atoms in total. The first-order valence-electron chi connectivity index (χ1n) is 4.71. The SMILES string of the molecule is Fc1cncc(-c2nc(Cl)nc3[nH]ncc23)c1. The Hall–Kier alpha value is -2.08. The molecule has 0 unspecified atom stereocenters. The summed E-state index contributed by atoms with van der Waals surface area (Å²) < 4.78 is 13.1. The molecule has 0 radical (unpaired) electrons. The summed E-state index contributed by atoms with van der Waals surface area (Å²) in [4.78, 5) is 11.8. The predicted molar refractivity (Wildman–Crippen MR) is 59.9 cm³/mol. The zero-order valence-corrected chi connectivity index (χ0v) is 9.11. The van der Waals surface area contributed by atoms with Gasteiger partial charge >= 0.3 is 0 Å². The van der Waals surface area contributed by atoms with E-state index in [0.29, 0.717) is 22.3 Å². The van der Waals surface area contributed by atoms with Crippen LogP contribution in [0.25, 0.3) is 22.3 Å². The van der Waals surface area contributed by atoms with Gasteiger partial charge in [0.05, 0.1) is 23.5 Å². The average Bonchev–Trinajstić information content (AvgIpc) is 2.75. The van der Waals surface area contributed by atoms with Gasteiger partial charge in [-0.05, 0) is 17.7 Å². The lowest BCUT2D eigenvalue weighted by atomic mass is 10.1. The first-order chi connectivity index (χ1) is 8.24. The Kier molecular flexibility index (Phi) is 2.22. The lowest BCUT2D eigenvalue weighted by Crippen LogP contribution is -1.91. The summed E-state index contributed by atoms with van der Waals surface area (Å²) in [5.41, 5.74) is 1.53. The molecule has 0 spiro atoms. The number of nitrogens with one attached hydrogen (secondary N) is 1. The maximum atomic E-state index is 13.1. The second-order valence-corrected chi connectivity index (χ2v) is 3.70. The third kappa shape index (κ3) is 1.72. The molecule has 3 heterocycles. The first-order valence-corrected chi connectivity index (χ1v) is 5.09. The number of nitrogens with zero attached hydrogens (tertiary/aromatic N) is 4. The van der Waals surface area contributed by atoms with Gasteiger partial charge in [-0.2, -0.15) is 10.1 Å². The van der Waals surface area contributed by atoms with E-state index in [1.54, 1.807) is 6.20 Å². The van der Waals surface area contributed by atoms with Crippen LogP contribution < -0.4 is 0 Å². The fraction of sp³-hybridized carbons (Fsp3) is 0. The highest BCUT2D eigenvalue weighted by atomic mass is 35.5. The quantitative estimate of drug-likeness (QED) is 0.672. The van der Waals surface area contributed by atoms with Gasteiger partial charge in [0, 0.05) is 11.8 Å². The van der Waals surface area contributed by atoms with Gasteiger partial charge in [-0.3, -0.25) is 10.1 Å². The second-order valence-electron chi connectivity index (χ2n) is 3.37. The Morgan fingerprint density at radius 2 is 2.06 bits per heavy atom. The molecule has 0 atom stereocenters. The van der Waals surface area contributed by atoms with Crippen LogP contribution in [0.1, 0.15) is 0 Å². The van der Waals surface area contributed by atoms with Crippen molar-refractivity contribution in [2.45, 2.75) is 0 Å². The standard InChI is InChI=1S/C10H5ClFN5/c11-10-15-8(5-1-6(12)3-13-2-5)7-4-14-17-9(7)16-10/h1-4H,(H,14,15,16,17). The van der Waals surface area contributed by atoms with Crippen molar-refractivity contribution in [3.8, 4) is 11.3 Å². The van der Waals surface area contributed by atoms with E-state index in [2.05, 4.69) is 25.1 Å². The number of aromatic amines is 1. The normalized spacial score (nSPS) is 10.9. The Bertz CT molecular complexity index is 696. The third-order valence-corrected chi connectivity index (χ3v) is 2.43. The van der Waals surface area contributed by atoms with Crippen LogP contribution in [0.3, 0.4) is 0 Å². The van der Waals surface area contributed by atoms with E-state index in [4.69, 9.17) is 11.6 Å². The van der Waals surface area contributed by atoms with Gasteiger partial charge in [0.15, 0.2) is 5.65 Å². The van der Waals surface area contributed by atoms with Crippen LogP contribution in [0, 0.1) is 5.82 Å². The molecular weight excluding hydrogens is 245 g/mol. The second kappa shape index (κ2) is 3.74. The smallest absolute Gasteiger partial charge is 0.224 e. The molecule has 7 heteroatoms. The molecule has 1 N–H and O–H groups in total. The van der Waals surface area contributed by atoms with Crippen LogP contribution in [0.5, 0.6) is 0 Å². The number of halogens is 2. The lowest BCUT2D eigenvalue weighted by molar-refractivity contribution is 0.622. The molecule has 0 bridgehead atoms. The minimum Gasteiger partial charge on any atom is -0.261 e. The minimum atomic E-state index is -0.436. The van der Waals surface area contributed by atoms with Crippen molar-refractivity contribution in [1.29, 1.82) is 0 Å². The fourth-order valence-corrected chi connectivity index (χ4v) is 1.74. The maximum absolute atomic E-state index is 13.1. The van der Waals surface area contributed by atoms with Crippen LogP contribution in [-0.2, 0) is 0 Å². The molecule has 0 aliphatic rings. The number of H-pyrrole nitrogens is 1. The van der Waals surface area contributed by atoms with Crippen molar-refractivity contribution in [2.75, 3.05) is 0 Å². The summed E-state index contributed by atoms with van der Waals surface area (Å²) in [7, 11) is 0. The summed E-state index contributed by atoms with van der Waals surface area (Å²) in [6, 6.07) is 1.33. The first kappa shape index (κ1) is 10.1. The van der Waals surface area contributed by atoms with Crippen molar-refractivity contribution in [1.82, 2.24) is 25.1 Å². The number of hydrogen-bond acceptors (Lipinski definition) is 4. The van der Waals surface area contributed by atoms with E-state index in [0.717, 1.165) is 6.20 Å². The number of rotatable bonds is 1. The lowest BCUT2D eigenvalue weighted by Gasteiger charge is -2.02. The number of pyridine rings is 1. The van der Waals surface area contributed by atoms with E-state index >= 15 is 0 Å². The number of aromatic nitrogens is 5. The molecule has 84 valence electrons. The highest BCUT2D eigenvalue weighted by Gasteiger charge is 2.11. The van der Waals surface area contributed by atoms with Crippen LogP contribution in [-0.4, -0.2) is 25.1 Å². The van der Waals surface area contributed by atoms with E-state index in [1.165, 1.54) is 12.3 Å². The van der Waals surface area contributed by atoms with Crippen molar-refractivity contribution >= 4 is 22.6 Å². The summed E-state index contributed by atoms with van der Waals surface area (Å²) in [6.07, 6.45) is 4.19. The van der Waals surface area contributed by atoms with E-state index < -0.39 is 5.82 Å². The monoisotopic (exact) mass is 249 g/mol. The largest absolute Gasteiger partial charge is 0.261 e. The van der Waals surface area contributed by atoms with Crippen molar-refractivity contribution < 1.29 is 4.39 Å². The Labute approximate surface area is 99.7 Å². The molecule has 0 fully saturated rings. The Morgan fingerprint density at radius 3 is 2.88 bits per heavy atom. The Morgan fingerprint density at radius 1 is 1.18 bits per heavy atom. The minimum absolute atomic E-state index is 0.0704. The van der Waals surface area contributed by atoms with Crippen molar-refractivity contribution in [2.24, 2.45) is 0 Å². The van der Waals surface area contributed by atoms with Gasteiger partial charge in [-0.1, -0.05) is 0 Å². The molecule has 0 saturated heterocycles. The fourth-order valence-electron chi connectivity index (χ4n) is 1.57. The summed E-state index contributed by atoms with van der Waals surface area (Å²) >= 11 is 5.79. The molecule has 0 aliphatic heterocycles. The van der Waals surface area contributed by atoms with Gasteiger partial charge in [0.2, 0.25) is 5.28 Å².